The van der Waals surface area contributed by atoms with Gasteiger partial charge < -0.3 is 0 Å². The highest BCUT2D eigenvalue weighted by Gasteiger charge is 2.28. The zero-order chi connectivity index (χ0) is 12.3. The number of carbonyl (C=O) groups excluding carboxylic acids is 1. The molecule has 2 rings (SSSR count). The SMILES string of the molecule is CSC1=C(C#N)C(=O)CC(c2ccccc2)S1. The van der Waals surface area contributed by atoms with E-state index >= 15 is 0 Å². The molecule has 1 atom stereocenters. The van der Waals surface area contributed by atoms with Crippen LogP contribution in [-0.4, -0.2) is 12.0 Å². The summed E-state index contributed by atoms with van der Waals surface area (Å²) in [5, 5.41) is 9.11. The van der Waals surface area contributed by atoms with Crippen molar-refractivity contribution >= 4 is 29.3 Å². The van der Waals surface area contributed by atoms with Crippen LogP contribution in [0.4, 0.5) is 0 Å². The van der Waals surface area contributed by atoms with Crippen LogP contribution in [0, 0.1) is 11.3 Å². The smallest absolute Gasteiger partial charge is 0.176 e. The molecule has 2 nitrogen and oxygen atoms in total. The Labute approximate surface area is 109 Å². The van der Waals surface area contributed by atoms with Crippen LogP contribution in [0.3, 0.4) is 0 Å². The fourth-order valence-electron chi connectivity index (χ4n) is 1.73. The highest BCUT2D eigenvalue weighted by molar-refractivity contribution is 8.22. The molecule has 1 aliphatic rings. The summed E-state index contributed by atoms with van der Waals surface area (Å²) in [6.07, 6.45) is 2.32. The second-order valence-corrected chi connectivity index (χ2v) is 5.91. The van der Waals surface area contributed by atoms with Gasteiger partial charge in [-0.3, -0.25) is 4.79 Å². The molecule has 1 unspecified atom stereocenters. The summed E-state index contributed by atoms with van der Waals surface area (Å²) < 4.78 is 0.845. The molecule has 0 saturated carbocycles. The second-order valence-electron chi connectivity index (χ2n) is 3.62. The lowest BCUT2D eigenvalue weighted by Gasteiger charge is -2.22. The first-order chi connectivity index (χ1) is 8.26. The van der Waals surface area contributed by atoms with E-state index in [4.69, 9.17) is 5.26 Å². The van der Waals surface area contributed by atoms with Crippen LogP contribution >= 0.6 is 23.5 Å². The van der Waals surface area contributed by atoms with Crippen molar-refractivity contribution in [1.82, 2.24) is 0 Å². The zero-order valence-corrected chi connectivity index (χ0v) is 11.0. The van der Waals surface area contributed by atoms with Gasteiger partial charge in [-0.15, -0.1) is 23.5 Å². The average Bonchev–Trinajstić information content (AvgIpc) is 2.38. The molecular weight excluding hydrogens is 250 g/mol. The van der Waals surface area contributed by atoms with Crippen LogP contribution in [0.15, 0.2) is 40.1 Å². The minimum atomic E-state index is -0.0375. The third kappa shape index (κ3) is 2.56. The summed E-state index contributed by atoms with van der Waals surface area (Å²) in [7, 11) is 0. The van der Waals surface area contributed by atoms with Gasteiger partial charge in [0, 0.05) is 11.7 Å². The van der Waals surface area contributed by atoms with Gasteiger partial charge in [0.2, 0.25) is 0 Å². The van der Waals surface area contributed by atoms with Gasteiger partial charge in [-0.05, 0) is 11.8 Å². The number of hydrogen-bond acceptors (Lipinski definition) is 4. The van der Waals surface area contributed by atoms with E-state index in [0.29, 0.717) is 12.0 Å². The lowest BCUT2D eigenvalue weighted by molar-refractivity contribution is -0.115. The third-order valence-electron chi connectivity index (χ3n) is 2.57. The Kier molecular flexibility index (Phi) is 3.93. The van der Waals surface area contributed by atoms with E-state index in [1.165, 1.54) is 11.8 Å². The number of hydrogen-bond donors (Lipinski definition) is 0. The van der Waals surface area contributed by atoms with Crippen molar-refractivity contribution in [1.29, 1.82) is 5.26 Å². The minimum absolute atomic E-state index is 0.0375. The van der Waals surface area contributed by atoms with Crippen LogP contribution in [-0.2, 0) is 4.79 Å². The predicted molar refractivity (Wildman–Crippen MR) is 72.6 cm³/mol. The standard InChI is InChI=1S/C13H11NOS2/c1-16-13-10(8-14)11(15)7-12(17-13)9-5-3-2-4-6-9/h2-6,12H,7H2,1H3. The molecule has 1 aromatic rings. The first kappa shape index (κ1) is 12.3. The number of Topliss-reactive ketones (excluding diaryl/α,β-unsaturated/α-hetero) is 1. The molecule has 0 aliphatic carbocycles. The van der Waals surface area contributed by atoms with E-state index in [1.54, 1.807) is 11.8 Å². The van der Waals surface area contributed by atoms with Gasteiger partial charge >= 0.3 is 0 Å². The Morgan fingerprint density at radius 1 is 1.41 bits per heavy atom. The van der Waals surface area contributed by atoms with Crippen LogP contribution in [0.1, 0.15) is 17.2 Å². The van der Waals surface area contributed by atoms with Crippen molar-refractivity contribution in [2.75, 3.05) is 6.26 Å². The fraction of sp³-hybridized carbons (Fsp3) is 0.231. The van der Waals surface area contributed by atoms with Crippen LogP contribution < -0.4 is 0 Å². The molecule has 1 aromatic carbocycles. The molecule has 0 fully saturated rings. The van der Waals surface area contributed by atoms with Crippen molar-refractivity contribution < 1.29 is 4.79 Å². The number of rotatable bonds is 2. The molecule has 1 heterocycles. The maximum Gasteiger partial charge on any atom is 0.176 e. The third-order valence-corrected chi connectivity index (χ3v) is 5.08. The van der Waals surface area contributed by atoms with Crippen molar-refractivity contribution in [3.8, 4) is 6.07 Å². The maximum absolute atomic E-state index is 11.9. The molecule has 86 valence electrons. The largest absolute Gasteiger partial charge is 0.293 e. The predicted octanol–water partition coefficient (Wildman–Crippen LogP) is 3.53. The normalized spacial score (nSPS) is 20.2. The summed E-state index contributed by atoms with van der Waals surface area (Å²) in [6.45, 7) is 0. The summed E-state index contributed by atoms with van der Waals surface area (Å²) in [4.78, 5) is 11.9. The zero-order valence-electron chi connectivity index (χ0n) is 9.34. The first-order valence-electron chi connectivity index (χ1n) is 5.19. The Morgan fingerprint density at radius 3 is 2.71 bits per heavy atom. The molecule has 17 heavy (non-hydrogen) atoms. The van der Waals surface area contributed by atoms with E-state index in [9.17, 15) is 4.79 Å². The molecule has 4 heteroatoms. The quantitative estimate of drug-likeness (QED) is 0.816. The highest BCUT2D eigenvalue weighted by Crippen LogP contribution is 2.47. The summed E-state index contributed by atoms with van der Waals surface area (Å²) in [6, 6.07) is 12.0. The average molecular weight is 261 g/mol. The Bertz CT molecular complexity index is 502. The minimum Gasteiger partial charge on any atom is -0.293 e. The molecule has 0 spiro atoms. The molecular formula is C13H11NOS2. The van der Waals surface area contributed by atoms with Crippen molar-refractivity contribution in [3.63, 3.8) is 0 Å². The summed E-state index contributed by atoms with van der Waals surface area (Å²) in [5.41, 5.74) is 1.48. The van der Waals surface area contributed by atoms with Gasteiger partial charge in [0.15, 0.2) is 5.78 Å². The molecule has 1 aliphatic heterocycles. The van der Waals surface area contributed by atoms with Crippen molar-refractivity contribution in [2.45, 2.75) is 11.7 Å². The molecule has 0 amide bonds. The molecule has 0 aromatic heterocycles. The van der Waals surface area contributed by atoms with Gasteiger partial charge in [0.05, 0.1) is 4.24 Å². The summed E-state index contributed by atoms with van der Waals surface area (Å²) in [5.74, 6) is -0.0375. The summed E-state index contributed by atoms with van der Waals surface area (Å²) >= 11 is 3.10. The number of ketones is 1. The Hall–Kier alpha value is -1.18. The number of nitriles is 1. The monoisotopic (exact) mass is 261 g/mol. The van der Waals surface area contributed by atoms with Crippen LogP contribution in [0.25, 0.3) is 0 Å². The van der Waals surface area contributed by atoms with Crippen LogP contribution in [0.2, 0.25) is 0 Å². The Balaban J connectivity index is 2.31. The molecule has 0 bridgehead atoms. The van der Waals surface area contributed by atoms with Crippen molar-refractivity contribution in [2.24, 2.45) is 0 Å². The lowest BCUT2D eigenvalue weighted by Crippen LogP contribution is -2.12. The molecule has 0 N–H and O–H groups in total. The van der Waals surface area contributed by atoms with E-state index in [-0.39, 0.29) is 11.0 Å². The first-order valence-corrected chi connectivity index (χ1v) is 7.30. The van der Waals surface area contributed by atoms with Gasteiger partial charge in [0.25, 0.3) is 0 Å². The van der Waals surface area contributed by atoms with E-state index in [0.717, 1.165) is 9.80 Å². The highest BCUT2D eigenvalue weighted by atomic mass is 32.2. The topological polar surface area (TPSA) is 40.9 Å². The number of allylic oxidation sites excluding steroid dienone is 1. The van der Waals surface area contributed by atoms with Crippen LogP contribution in [0.5, 0.6) is 0 Å². The lowest BCUT2D eigenvalue weighted by atomic mass is 10.0. The van der Waals surface area contributed by atoms with E-state index in [1.807, 2.05) is 42.7 Å². The fourth-order valence-corrected chi connectivity index (χ4v) is 3.89. The van der Waals surface area contributed by atoms with Gasteiger partial charge in [0.1, 0.15) is 11.6 Å². The number of benzene rings is 1. The van der Waals surface area contributed by atoms with Gasteiger partial charge in [-0.25, -0.2) is 0 Å². The van der Waals surface area contributed by atoms with Gasteiger partial charge in [-0.1, -0.05) is 30.3 Å². The molecule has 0 radical (unpaired) electrons. The maximum atomic E-state index is 11.9. The van der Waals surface area contributed by atoms with Crippen molar-refractivity contribution in [3.05, 3.63) is 45.7 Å². The van der Waals surface area contributed by atoms with Gasteiger partial charge in [-0.2, -0.15) is 5.26 Å². The number of thioether (sulfide) groups is 2. The van der Waals surface area contributed by atoms with E-state index < -0.39 is 0 Å². The van der Waals surface area contributed by atoms with E-state index in [2.05, 4.69) is 0 Å². The molecule has 0 saturated heterocycles. The number of nitrogens with zero attached hydrogens (tertiary/aromatic N) is 1. The number of carbonyl (C=O) groups is 1. The second kappa shape index (κ2) is 5.44. The Morgan fingerprint density at radius 2 is 2.12 bits per heavy atom.